The largest absolute Gasteiger partial charge is 0.416 e. The summed E-state index contributed by atoms with van der Waals surface area (Å²) in [6.07, 6.45) is -3.56. The lowest BCUT2D eigenvalue weighted by Gasteiger charge is -2.22. The maximum atomic E-state index is 12.8. The molecule has 1 fully saturated rings. The zero-order chi connectivity index (χ0) is 21.9. The Hall–Kier alpha value is -2.06. The number of carbonyl (C=O) groups excluding carboxylic acids is 1. The molecule has 3 rings (SSSR count). The van der Waals surface area contributed by atoms with Crippen LogP contribution in [0.2, 0.25) is 4.34 Å². The molecule has 2 heterocycles. The molecular formula is C19H16ClF3N2O3S2. The van der Waals surface area contributed by atoms with Crippen molar-refractivity contribution in [1.29, 1.82) is 0 Å². The molecule has 1 aromatic carbocycles. The van der Waals surface area contributed by atoms with Crippen LogP contribution in [0.1, 0.15) is 24.0 Å². The molecule has 5 nitrogen and oxygen atoms in total. The molecule has 2 aromatic rings. The molecule has 0 bridgehead atoms. The van der Waals surface area contributed by atoms with E-state index < -0.39 is 33.7 Å². The predicted molar refractivity (Wildman–Crippen MR) is 108 cm³/mol. The fraction of sp³-hybridized carbons (Fsp3) is 0.316. The molecule has 11 heteroatoms. The number of hydrogen-bond donors (Lipinski definition) is 1. The molecule has 1 aliphatic rings. The lowest BCUT2D eigenvalue weighted by atomic mass is 10.1. The smallest absolute Gasteiger partial charge is 0.344 e. The summed E-state index contributed by atoms with van der Waals surface area (Å²) in [5, 5.41) is 2.53. The molecule has 1 saturated heterocycles. The van der Waals surface area contributed by atoms with Gasteiger partial charge in [-0.2, -0.15) is 17.5 Å². The number of amides is 1. The summed E-state index contributed by atoms with van der Waals surface area (Å²) in [7, 11) is -3.84. The monoisotopic (exact) mass is 476 g/mol. The molecule has 160 valence electrons. The van der Waals surface area contributed by atoms with Crippen LogP contribution >= 0.6 is 22.9 Å². The minimum absolute atomic E-state index is 0.0662. The molecule has 1 unspecified atom stereocenters. The fourth-order valence-electron chi connectivity index (χ4n) is 3.01. The highest BCUT2D eigenvalue weighted by Gasteiger charge is 2.39. The van der Waals surface area contributed by atoms with E-state index in [0.717, 1.165) is 27.8 Å². The van der Waals surface area contributed by atoms with Crippen molar-refractivity contribution < 1.29 is 26.4 Å². The van der Waals surface area contributed by atoms with Crippen molar-refractivity contribution in [3.63, 3.8) is 0 Å². The van der Waals surface area contributed by atoms with Crippen LogP contribution in [0, 0.1) is 11.8 Å². The lowest BCUT2D eigenvalue weighted by Crippen LogP contribution is -2.45. The second kappa shape index (κ2) is 8.98. The van der Waals surface area contributed by atoms with Crippen molar-refractivity contribution in [1.82, 2.24) is 9.62 Å². The van der Waals surface area contributed by atoms with Crippen LogP contribution in [-0.2, 0) is 21.0 Å². The van der Waals surface area contributed by atoms with Gasteiger partial charge in [0.2, 0.25) is 5.91 Å². The van der Waals surface area contributed by atoms with Crippen molar-refractivity contribution in [2.45, 2.75) is 29.3 Å². The third-order valence-electron chi connectivity index (χ3n) is 4.39. The summed E-state index contributed by atoms with van der Waals surface area (Å²) in [5.74, 6) is 4.65. The number of thiophene rings is 1. The third kappa shape index (κ3) is 5.16. The quantitative estimate of drug-likeness (QED) is 0.684. The van der Waals surface area contributed by atoms with E-state index in [1.54, 1.807) is 0 Å². The summed E-state index contributed by atoms with van der Waals surface area (Å²) in [6.45, 7) is 0.0934. The summed E-state index contributed by atoms with van der Waals surface area (Å²) in [5.41, 5.74) is -0.641. The average Bonchev–Trinajstić information content (AvgIpc) is 3.34. The summed E-state index contributed by atoms with van der Waals surface area (Å²) >= 11 is 6.74. The van der Waals surface area contributed by atoms with Crippen LogP contribution in [-0.4, -0.2) is 37.8 Å². The van der Waals surface area contributed by atoms with E-state index in [9.17, 15) is 26.4 Å². The molecule has 0 spiro atoms. The Morgan fingerprint density at radius 3 is 2.73 bits per heavy atom. The van der Waals surface area contributed by atoms with Crippen molar-refractivity contribution >= 4 is 38.9 Å². The second-order valence-corrected chi connectivity index (χ2v) is 10.3. The van der Waals surface area contributed by atoms with Gasteiger partial charge in [-0.1, -0.05) is 29.5 Å². The molecule has 1 atom stereocenters. The predicted octanol–water partition coefficient (Wildman–Crippen LogP) is 3.74. The SMILES string of the molecule is O=C(NCC#Cc1cccc(C(F)(F)F)c1)C1CCCN1S(=O)(=O)c1ccc(Cl)s1. The molecule has 1 N–H and O–H groups in total. The highest BCUT2D eigenvalue weighted by atomic mass is 35.5. The van der Waals surface area contributed by atoms with Gasteiger partial charge in [0.05, 0.1) is 16.4 Å². The first-order valence-electron chi connectivity index (χ1n) is 8.80. The Balaban J connectivity index is 1.64. The summed E-state index contributed by atoms with van der Waals surface area (Å²) < 4.78 is 65.3. The van der Waals surface area contributed by atoms with E-state index >= 15 is 0 Å². The summed E-state index contributed by atoms with van der Waals surface area (Å²) in [6, 6.07) is 6.57. The number of benzene rings is 1. The first-order valence-corrected chi connectivity index (χ1v) is 11.4. The molecule has 1 aromatic heterocycles. The Kier molecular flexibility index (Phi) is 6.77. The van der Waals surface area contributed by atoms with Gasteiger partial charge in [-0.05, 0) is 43.2 Å². The Morgan fingerprint density at radius 1 is 1.30 bits per heavy atom. The van der Waals surface area contributed by atoms with E-state index in [2.05, 4.69) is 17.2 Å². The average molecular weight is 477 g/mol. The zero-order valence-corrected chi connectivity index (χ0v) is 17.8. The van der Waals surface area contributed by atoms with Gasteiger partial charge in [0.15, 0.2) is 0 Å². The van der Waals surface area contributed by atoms with Gasteiger partial charge in [-0.25, -0.2) is 8.42 Å². The molecule has 1 aliphatic heterocycles. The van der Waals surface area contributed by atoms with Gasteiger partial charge < -0.3 is 5.32 Å². The highest BCUT2D eigenvalue weighted by Crippen LogP contribution is 2.32. The number of carbonyl (C=O) groups is 1. The Labute approximate surface area is 180 Å². The topological polar surface area (TPSA) is 66.5 Å². The Morgan fingerprint density at radius 2 is 2.07 bits per heavy atom. The van der Waals surface area contributed by atoms with E-state index in [1.807, 2.05) is 0 Å². The van der Waals surface area contributed by atoms with Gasteiger partial charge in [0.25, 0.3) is 10.0 Å². The van der Waals surface area contributed by atoms with Crippen LogP contribution in [0.4, 0.5) is 13.2 Å². The minimum atomic E-state index is -4.46. The molecule has 30 heavy (non-hydrogen) atoms. The maximum Gasteiger partial charge on any atom is 0.416 e. The normalized spacial score (nSPS) is 17.4. The number of nitrogens with zero attached hydrogens (tertiary/aromatic N) is 1. The molecular weight excluding hydrogens is 461 g/mol. The van der Waals surface area contributed by atoms with E-state index in [1.165, 1.54) is 24.3 Å². The molecule has 0 aliphatic carbocycles. The molecule has 1 amide bonds. The number of rotatable bonds is 4. The van der Waals surface area contributed by atoms with Gasteiger partial charge in [0, 0.05) is 12.1 Å². The van der Waals surface area contributed by atoms with Crippen LogP contribution in [0.25, 0.3) is 0 Å². The van der Waals surface area contributed by atoms with E-state index in [-0.39, 0.29) is 22.9 Å². The van der Waals surface area contributed by atoms with Gasteiger partial charge >= 0.3 is 6.18 Å². The van der Waals surface area contributed by atoms with Crippen LogP contribution in [0.5, 0.6) is 0 Å². The maximum absolute atomic E-state index is 12.8. The zero-order valence-electron chi connectivity index (χ0n) is 15.4. The van der Waals surface area contributed by atoms with Crippen molar-refractivity contribution in [2.24, 2.45) is 0 Å². The van der Waals surface area contributed by atoms with E-state index in [4.69, 9.17) is 11.6 Å². The first-order chi connectivity index (χ1) is 14.1. The highest BCUT2D eigenvalue weighted by molar-refractivity contribution is 7.91. The lowest BCUT2D eigenvalue weighted by molar-refractivity contribution is -0.137. The van der Waals surface area contributed by atoms with Crippen molar-refractivity contribution in [3.8, 4) is 11.8 Å². The Bertz CT molecular complexity index is 1100. The van der Waals surface area contributed by atoms with Gasteiger partial charge in [-0.3, -0.25) is 4.79 Å². The fourth-order valence-corrected chi connectivity index (χ4v) is 6.28. The third-order valence-corrected chi connectivity index (χ3v) is 8.00. The number of sulfonamides is 1. The van der Waals surface area contributed by atoms with Crippen LogP contribution < -0.4 is 5.32 Å². The summed E-state index contributed by atoms with van der Waals surface area (Å²) in [4.78, 5) is 12.5. The standard InChI is InChI=1S/C19H16ClF3N2O3S2/c20-16-8-9-17(29-16)30(27,28)25-11-3-7-15(25)18(26)24-10-2-5-13-4-1-6-14(12-13)19(21,22)23/h1,4,6,8-9,12,15H,3,7,10-11H2,(H,24,26). The number of hydrogen-bond acceptors (Lipinski definition) is 4. The molecule has 0 saturated carbocycles. The second-order valence-electron chi connectivity index (χ2n) is 6.43. The van der Waals surface area contributed by atoms with Crippen molar-refractivity contribution in [3.05, 3.63) is 51.9 Å². The van der Waals surface area contributed by atoms with E-state index in [0.29, 0.717) is 17.2 Å². The van der Waals surface area contributed by atoms with Gasteiger partial charge in [-0.15, -0.1) is 11.3 Å². The number of halogens is 4. The van der Waals surface area contributed by atoms with Crippen LogP contribution in [0.3, 0.4) is 0 Å². The van der Waals surface area contributed by atoms with Crippen molar-refractivity contribution in [2.75, 3.05) is 13.1 Å². The number of alkyl halides is 3. The minimum Gasteiger partial charge on any atom is -0.344 e. The van der Waals surface area contributed by atoms with Gasteiger partial charge in [0.1, 0.15) is 10.3 Å². The number of nitrogens with one attached hydrogen (secondary N) is 1. The first kappa shape index (κ1) is 22.6. The molecule has 0 radical (unpaired) electrons. The van der Waals surface area contributed by atoms with Crippen LogP contribution in [0.15, 0.2) is 40.6 Å².